The molecule has 1 atom stereocenters. The first-order valence-electron chi connectivity index (χ1n) is 8.96. The number of carbonyl (C=O) groups is 2. The SMILES string of the molecule is Cc1c(C(=O)OC(C)C)sc2ncn([C@@H](C)C(=O)Nc3ccc(F)cc3)c(=O)c12. The molecule has 0 saturated heterocycles. The lowest BCUT2D eigenvalue weighted by molar-refractivity contribution is -0.118. The van der Waals surface area contributed by atoms with Gasteiger partial charge in [-0.05, 0) is 57.5 Å². The van der Waals surface area contributed by atoms with Crippen molar-refractivity contribution in [2.75, 3.05) is 5.32 Å². The van der Waals surface area contributed by atoms with Crippen LogP contribution in [0.2, 0.25) is 0 Å². The van der Waals surface area contributed by atoms with Crippen LogP contribution in [0.1, 0.15) is 42.0 Å². The van der Waals surface area contributed by atoms with Crippen LogP contribution in [0, 0.1) is 12.7 Å². The van der Waals surface area contributed by atoms with E-state index in [0.717, 1.165) is 11.3 Å². The van der Waals surface area contributed by atoms with E-state index in [0.29, 0.717) is 21.0 Å². The number of amides is 1. The number of rotatable bonds is 5. The number of benzene rings is 1. The zero-order valence-electron chi connectivity index (χ0n) is 16.4. The monoisotopic (exact) mass is 417 g/mol. The maximum absolute atomic E-state index is 13.0. The van der Waals surface area contributed by atoms with Crippen LogP contribution in [0.5, 0.6) is 0 Å². The van der Waals surface area contributed by atoms with Gasteiger partial charge >= 0.3 is 5.97 Å². The van der Waals surface area contributed by atoms with Gasteiger partial charge in [0.05, 0.1) is 17.8 Å². The van der Waals surface area contributed by atoms with Crippen molar-refractivity contribution < 1.29 is 18.7 Å². The lowest BCUT2D eigenvalue weighted by atomic mass is 10.2. The molecule has 0 radical (unpaired) electrons. The Hall–Kier alpha value is -3.07. The second-order valence-corrected chi connectivity index (χ2v) is 7.82. The van der Waals surface area contributed by atoms with E-state index in [1.165, 1.54) is 35.2 Å². The number of aryl methyl sites for hydroxylation is 1. The van der Waals surface area contributed by atoms with Crippen LogP contribution < -0.4 is 10.9 Å². The summed E-state index contributed by atoms with van der Waals surface area (Å²) < 4.78 is 19.4. The van der Waals surface area contributed by atoms with Gasteiger partial charge in [0.1, 0.15) is 21.6 Å². The molecule has 1 aromatic carbocycles. The summed E-state index contributed by atoms with van der Waals surface area (Å²) in [6.07, 6.45) is 1.000. The third kappa shape index (κ3) is 4.19. The molecule has 152 valence electrons. The van der Waals surface area contributed by atoms with Crippen LogP contribution in [0.4, 0.5) is 10.1 Å². The number of hydrogen-bond donors (Lipinski definition) is 1. The van der Waals surface area contributed by atoms with Crippen LogP contribution in [-0.2, 0) is 9.53 Å². The highest BCUT2D eigenvalue weighted by Gasteiger charge is 2.24. The molecule has 0 aliphatic carbocycles. The molecule has 0 aliphatic heterocycles. The van der Waals surface area contributed by atoms with Gasteiger partial charge in [0, 0.05) is 5.69 Å². The molecule has 0 aliphatic rings. The number of hydrogen-bond acceptors (Lipinski definition) is 6. The van der Waals surface area contributed by atoms with Gasteiger partial charge in [-0.2, -0.15) is 0 Å². The summed E-state index contributed by atoms with van der Waals surface area (Å²) in [7, 11) is 0. The molecule has 0 unspecified atom stereocenters. The van der Waals surface area contributed by atoms with E-state index in [1.54, 1.807) is 27.7 Å². The van der Waals surface area contributed by atoms with E-state index in [4.69, 9.17) is 4.74 Å². The third-order valence-corrected chi connectivity index (χ3v) is 5.49. The van der Waals surface area contributed by atoms with Crippen molar-refractivity contribution in [3.8, 4) is 0 Å². The number of thiophene rings is 1. The number of esters is 1. The first kappa shape index (κ1) is 20.7. The summed E-state index contributed by atoms with van der Waals surface area (Å²) in [5.74, 6) is -1.37. The standard InChI is InChI=1S/C20H20FN3O4S/c1-10(2)28-20(27)16-11(3)15-18(29-16)22-9-24(19(15)26)12(4)17(25)23-14-7-5-13(21)6-8-14/h5-10,12H,1-4H3,(H,23,25)/t12-/m0/s1. The summed E-state index contributed by atoms with van der Waals surface area (Å²) in [4.78, 5) is 42.8. The molecule has 7 nitrogen and oxygen atoms in total. The van der Waals surface area contributed by atoms with E-state index in [1.807, 2.05) is 0 Å². The quantitative estimate of drug-likeness (QED) is 0.640. The van der Waals surface area contributed by atoms with Crippen LogP contribution >= 0.6 is 11.3 Å². The van der Waals surface area contributed by atoms with Crippen molar-refractivity contribution in [3.63, 3.8) is 0 Å². The molecular formula is C20H20FN3O4S. The summed E-state index contributed by atoms with van der Waals surface area (Å²) in [5.41, 5.74) is 0.471. The summed E-state index contributed by atoms with van der Waals surface area (Å²) in [5, 5.41) is 2.92. The average Bonchev–Trinajstić information content (AvgIpc) is 3.00. The molecule has 1 N–H and O–H groups in total. The molecular weight excluding hydrogens is 397 g/mol. The summed E-state index contributed by atoms with van der Waals surface area (Å²) >= 11 is 1.09. The predicted molar refractivity (Wildman–Crippen MR) is 109 cm³/mol. The smallest absolute Gasteiger partial charge is 0.348 e. The highest BCUT2D eigenvalue weighted by Crippen LogP contribution is 2.28. The topological polar surface area (TPSA) is 90.3 Å². The number of aromatic nitrogens is 2. The Morgan fingerprint density at radius 3 is 2.48 bits per heavy atom. The van der Waals surface area contributed by atoms with Gasteiger partial charge in [-0.25, -0.2) is 14.2 Å². The van der Waals surface area contributed by atoms with Crippen LogP contribution in [0.3, 0.4) is 0 Å². The van der Waals surface area contributed by atoms with Crippen molar-refractivity contribution in [3.05, 3.63) is 57.2 Å². The van der Waals surface area contributed by atoms with Gasteiger partial charge in [0.2, 0.25) is 5.91 Å². The largest absolute Gasteiger partial charge is 0.459 e. The Labute approximate surface area is 170 Å². The van der Waals surface area contributed by atoms with Crippen LogP contribution in [0.25, 0.3) is 10.2 Å². The van der Waals surface area contributed by atoms with Crippen molar-refractivity contribution in [2.24, 2.45) is 0 Å². The number of fused-ring (bicyclic) bond motifs is 1. The normalized spacial score (nSPS) is 12.2. The third-order valence-electron chi connectivity index (χ3n) is 4.31. The second kappa shape index (κ2) is 8.12. The number of nitrogens with zero attached hydrogens (tertiary/aromatic N) is 2. The van der Waals surface area contributed by atoms with Gasteiger partial charge in [0.15, 0.2) is 0 Å². The lowest BCUT2D eigenvalue weighted by Gasteiger charge is -2.15. The Kier molecular flexibility index (Phi) is 5.78. The molecule has 0 fully saturated rings. The molecule has 29 heavy (non-hydrogen) atoms. The number of carbonyl (C=O) groups excluding carboxylic acids is 2. The maximum atomic E-state index is 13.0. The average molecular weight is 417 g/mol. The van der Waals surface area contributed by atoms with Gasteiger partial charge in [0.25, 0.3) is 5.56 Å². The van der Waals surface area contributed by atoms with Crippen molar-refractivity contribution in [1.29, 1.82) is 0 Å². The van der Waals surface area contributed by atoms with E-state index < -0.39 is 29.3 Å². The first-order chi connectivity index (χ1) is 13.7. The van der Waals surface area contributed by atoms with Crippen molar-refractivity contribution >= 4 is 39.1 Å². The van der Waals surface area contributed by atoms with E-state index in [2.05, 4.69) is 10.3 Å². The van der Waals surface area contributed by atoms with Gasteiger partial charge in [-0.1, -0.05) is 0 Å². The molecule has 0 spiro atoms. The fourth-order valence-electron chi connectivity index (χ4n) is 2.78. The molecule has 0 saturated carbocycles. The molecule has 2 heterocycles. The molecule has 3 aromatic rings. The van der Waals surface area contributed by atoms with E-state index >= 15 is 0 Å². The van der Waals surface area contributed by atoms with E-state index in [9.17, 15) is 18.8 Å². The van der Waals surface area contributed by atoms with Gasteiger partial charge in [-0.3, -0.25) is 14.2 Å². The highest BCUT2D eigenvalue weighted by molar-refractivity contribution is 7.20. The fraction of sp³-hybridized carbons (Fsp3) is 0.300. The predicted octanol–water partition coefficient (Wildman–Crippen LogP) is 3.67. The summed E-state index contributed by atoms with van der Waals surface area (Å²) in [6, 6.07) is 4.45. The minimum atomic E-state index is -0.866. The molecule has 9 heteroatoms. The van der Waals surface area contributed by atoms with Crippen molar-refractivity contribution in [1.82, 2.24) is 9.55 Å². The van der Waals surface area contributed by atoms with Gasteiger partial charge < -0.3 is 10.1 Å². The maximum Gasteiger partial charge on any atom is 0.348 e. The number of ether oxygens (including phenoxy) is 1. The molecule has 1 amide bonds. The second-order valence-electron chi connectivity index (χ2n) is 6.82. The van der Waals surface area contributed by atoms with Crippen molar-refractivity contribution in [2.45, 2.75) is 39.8 Å². The molecule has 3 rings (SSSR count). The Bertz CT molecular complexity index is 1140. The highest BCUT2D eigenvalue weighted by atomic mass is 32.1. The number of halogens is 1. The zero-order chi connectivity index (χ0) is 21.3. The molecule has 2 aromatic heterocycles. The van der Waals surface area contributed by atoms with E-state index in [-0.39, 0.29) is 11.5 Å². The number of nitrogens with one attached hydrogen (secondary N) is 1. The fourth-order valence-corrected chi connectivity index (χ4v) is 3.80. The Morgan fingerprint density at radius 1 is 1.21 bits per heavy atom. The number of anilines is 1. The van der Waals surface area contributed by atoms with Crippen LogP contribution in [0.15, 0.2) is 35.4 Å². The first-order valence-corrected chi connectivity index (χ1v) is 9.78. The molecule has 0 bridgehead atoms. The van der Waals surface area contributed by atoms with Crippen LogP contribution in [-0.4, -0.2) is 27.5 Å². The Morgan fingerprint density at radius 2 is 1.86 bits per heavy atom. The minimum Gasteiger partial charge on any atom is -0.459 e. The lowest BCUT2D eigenvalue weighted by Crippen LogP contribution is -2.31. The zero-order valence-corrected chi connectivity index (χ0v) is 17.2. The minimum absolute atomic E-state index is 0.285. The Balaban J connectivity index is 1.93. The summed E-state index contributed by atoms with van der Waals surface area (Å²) in [6.45, 7) is 6.70. The van der Waals surface area contributed by atoms with Gasteiger partial charge in [-0.15, -0.1) is 11.3 Å².